The Labute approximate surface area is 94.2 Å². The van der Waals surface area contributed by atoms with Crippen molar-refractivity contribution in [3.63, 3.8) is 0 Å². The summed E-state index contributed by atoms with van der Waals surface area (Å²) in [6, 6.07) is 1.75. The molecule has 0 aliphatic heterocycles. The van der Waals surface area contributed by atoms with Crippen molar-refractivity contribution in [1.82, 2.24) is 0 Å². The van der Waals surface area contributed by atoms with Crippen molar-refractivity contribution in [3.05, 3.63) is 34.9 Å². The van der Waals surface area contributed by atoms with Gasteiger partial charge in [0.1, 0.15) is 0 Å². The molecule has 1 rings (SSSR count). The highest BCUT2D eigenvalue weighted by molar-refractivity contribution is 5.96. The number of ketones is 1. The van der Waals surface area contributed by atoms with Crippen molar-refractivity contribution >= 4 is 5.78 Å². The summed E-state index contributed by atoms with van der Waals surface area (Å²) in [7, 11) is 0. The highest BCUT2D eigenvalue weighted by atomic mass is 19.4. The third-order valence-corrected chi connectivity index (χ3v) is 2.18. The summed E-state index contributed by atoms with van der Waals surface area (Å²) in [5.41, 5.74) is -2.36. The van der Waals surface area contributed by atoms with Gasteiger partial charge in [-0.1, -0.05) is 6.92 Å². The molecule has 1 nitrogen and oxygen atoms in total. The molecule has 0 saturated heterocycles. The van der Waals surface area contributed by atoms with E-state index in [2.05, 4.69) is 0 Å². The smallest absolute Gasteiger partial charge is 0.294 e. The summed E-state index contributed by atoms with van der Waals surface area (Å²) in [5, 5.41) is 0. The highest BCUT2D eigenvalue weighted by Gasteiger charge is 2.32. The Balaban J connectivity index is 3.34. The zero-order valence-electron chi connectivity index (χ0n) is 8.81. The van der Waals surface area contributed by atoms with Gasteiger partial charge in [0.2, 0.25) is 0 Å². The topological polar surface area (TPSA) is 17.1 Å². The minimum absolute atomic E-state index is 0.0377. The molecule has 0 atom stereocenters. The Morgan fingerprint density at radius 1 is 1.24 bits per heavy atom. The third-order valence-electron chi connectivity index (χ3n) is 2.18. The molecule has 0 amide bonds. The van der Waals surface area contributed by atoms with Gasteiger partial charge in [-0.3, -0.25) is 4.79 Å². The van der Waals surface area contributed by atoms with E-state index in [4.69, 9.17) is 0 Å². The summed E-state index contributed by atoms with van der Waals surface area (Å²) in [6.45, 7) is 1.45. The number of Topliss-reactive ketones (excluding diaryl/α,β-unsaturated/α-hetero) is 1. The van der Waals surface area contributed by atoms with E-state index in [-0.39, 0.29) is 12.0 Å². The van der Waals surface area contributed by atoms with Gasteiger partial charge in [0.25, 0.3) is 6.43 Å². The Morgan fingerprint density at radius 2 is 1.82 bits per heavy atom. The first kappa shape index (κ1) is 13.6. The lowest BCUT2D eigenvalue weighted by Gasteiger charge is -2.11. The highest BCUT2D eigenvalue weighted by Crippen LogP contribution is 2.33. The first-order valence-electron chi connectivity index (χ1n) is 4.79. The fraction of sp³-hybridized carbons (Fsp3) is 0.364. The van der Waals surface area contributed by atoms with Crippen LogP contribution in [0.25, 0.3) is 0 Å². The van der Waals surface area contributed by atoms with Crippen LogP contribution in [0.5, 0.6) is 0 Å². The Hall–Kier alpha value is -1.46. The summed E-state index contributed by atoms with van der Waals surface area (Å²) in [4.78, 5) is 11.3. The van der Waals surface area contributed by atoms with Crippen LogP contribution in [0.4, 0.5) is 22.0 Å². The van der Waals surface area contributed by atoms with Crippen LogP contribution >= 0.6 is 0 Å². The predicted molar refractivity (Wildman–Crippen MR) is 51.0 cm³/mol. The third kappa shape index (κ3) is 3.25. The van der Waals surface area contributed by atoms with E-state index in [0.29, 0.717) is 12.1 Å². The summed E-state index contributed by atoms with van der Waals surface area (Å²) >= 11 is 0. The molecule has 17 heavy (non-hydrogen) atoms. The van der Waals surface area contributed by atoms with E-state index >= 15 is 0 Å². The van der Waals surface area contributed by atoms with Crippen LogP contribution in [-0.2, 0) is 6.18 Å². The molecule has 0 N–H and O–H groups in total. The van der Waals surface area contributed by atoms with E-state index in [1.54, 1.807) is 0 Å². The largest absolute Gasteiger partial charge is 0.416 e. The maximum atomic E-state index is 12.4. The number of alkyl halides is 5. The predicted octanol–water partition coefficient (Wildman–Crippen LogP) is 4.24. The minimum atomic E-state index is -4.74. The molecule has 0 unspecified atom stereocenters. The first-order chi connectivity index (χ1) is 7.75. The maximum absolute atomic E-state index is 12.4. The molecule has 6 heteroatoms. The van der Waals surface area contributed by atoms with Gasteiger partial charge in [-0.25, -0.2) is 8.78 Å². The van der Waals surface area contributed by atoms with Gasteiger partial charge >= 0.3 is 6.18 Å². The van der Waals surface area contributed by atoms with E-state index < -0.39 is 29.5 Å². The molecule has 0 fully saturated rings. The van der Waals surface area contributed by atoms with Crippen LogP contribution in [0, 0.1) is 0 Å². The van der Waals surface area contributed by atoms with Crippen molar-refractivity contribution in [3.8, 4) is 0 Å². The van der Waals surface area contributed by atoms with Crippen molar-refractivity contribution < 1.29 is 26.7 Å². The molecular weight excluding hydrogens is 243 g/mol. The molecule has 0 spiro atoms. The minimum Gasteiger partial charge on any atom is -0.294 e. The summed E-state index contributed by atoms with van der Waals surface area (Å²) < 4.78 is 62.1. The molecule has 0 aliphatic carbocycles. The number of halogens is 5. The second-order valence-electron chi connectivity index (χ2n) is 3.42. The number of rotatable bonds is 3. The van der Waals surface area contributed by atoms with Crippen molar-refractivity contribution in [2.75, 3.05) is 0 Å². The molecule has 1 aromatic carbocycles. The maximum Gasteiger partial charge on any atom is 0.416 e. The van der Waals surface area contributed by atoms with E-state index in [0.717, 1.165) is 6.07 Å². The molecule has 0 aliphatic rings. The molecule has 0 bridgehead atoms. The van der Waals surface area contributed by atoms with E-state index in [1.165, 1.54) is 6.92 Å². The number of carbonyl (C=O) groups is 1. The monoisotopic (exact) mass is 252 g/mol. The number of benzene rings is 1. The fourth-order valence-corrected chi connectivity index (χ4v) is 1.31. The molecule has 94 valence electrons. The lowest BCUT2D eigenvalue weighted by Crippen LogP contribution is -2.09. The van der Waals surface area contributed by atoms with Crippen LogP contribution in [0.2, 0.25) is 0 Å². The zero-order chi connectivity index (χ0) is 13.2. The van der Waals surface area contributed by atoms with Crippen molar-refractivity contribution in [2.24, 2.45) is 0 Å². The average Bonchev–Trinajstić information content (AvgIpc) is 2.26. The second kappa shape index (κ2) is 4.81. The lowest BCUT2D eigenvalue weighted by molar-refractivity contribution is -0.137. The fourth-order valence-electron chi connectivity index (χ4n) is 1.31. The second-order valence-corrected chi connectivity index (χ2v) is 3.42. The van der Waals surface area contributed by atoms with Crippen molar-refractivity contribution in [1.29, 1.82) is 0 Å². The summed E-state index contributed by atoms with van der Waals surface area (Å²) in [5.74, 6) is -0.599. The average molecular weight is 252 g/mol. The van der Waals surface area contributed by atoms with Crippen molar-refractivity contribution in [2.45, 2.75) is 25.9 Å². The molecule has 0 radical (unpaired) electrons. The van der Waals surface area contributed by atoms with Gasteiger partial charge in [0, 0.05) is 17.5 Å². The standard InChI is InChI=1S/C11H9F5O/c1-2-9(17)6-3-7(10(12)13)5-8(4-6)11(14,15)16/h3-5,10H,2H2,1H3. The number of hydrogen-bond acceptors (Lipinski definition) is 1. The molecule has 0 aromatic heterocycles. The Bertz CT molecular complexity index is 422. The van der Waals surface area contributed by atoms with Gasteiger partial charge in [-0.05, 0) is 18.2 Å². The molecular formula is C11H9F5O. The van der Waals surface area contributed by atoms with Crippen LogP contribution in [0.1, 0.15) is 41.3 Å². The van der Waals surface area contributed by atoms with Crippen LogP contribution in [-0.4, -0.2) is 5.78 Å². The van der Waals surface area contributed by atoms with E-state index in [1.807, 2.05) is 0 Å². The van der Waals surface area contributed by atoms with E-state index in [9.17, 15) is 26.7 Å². The van der Waals surface area contributed by atoms with Gasteiger partial charge in [-0.15, -0.1) is 0 Å². The van der Waals surface area contributed by atoms with Gasteiger partial charge in [0.15, 0.2) is 5.78 Å². The first-order valence-corrected chi connectivity index (χ1v) is 4.79. The van der Waals surface area contributed by atoms with Crippen LogP contribution in [0.15, 0.2) is 18.2 Å². The van der Waals surface area contributed by atoms with Gasteiger partial charge in [-0.2, -0.15) is 13.2 Å². The number of hydrogen-bond donors (Lipinski definition) is 0. The Kier molecular flexibility index (Phi) is 3.85. The Morgan fingerprint density at radius 3 is 2.24 bits per heavy atom. The van der Waals surface area contributed by atoms with Crippen LogP contribution < -0.4 is 0 Å². The SMILES string of the molecule is CCC(=O)c1cc(C(F)F)cc(C(F)(F)F)c1. The lowest BCUT2D eigenvalue weighted by atomic mass is 10.0. The zero-order valence-corrected chi connectivity index (χ0v) is 8.81. The molecule has 1 aromatic rings. The quantitative estimate of drug-likeness (QED) is 0.581. The van der Waals surface area contributed by atoms with Gasteiger partial charge in [0.05, 0.1) is 5.56 Å². The summed E-state index contributed by atoms with van der Waals surface area (Å²) in [6.07, 6.45) is -7.82. The normalized spacial score (nSPS) is 11.9. The molecule has 0 saturated carbocycles. The number of carbonyl (C=O) groups excluding carboxylic acids is 1. The molecule has 0 heterocycles. The van der Waals surface area contributed by atoms with Crippen LogP contribution in [0.3, 0.4) is 0 Å². The van der Waals surface area contributed by atoms with Gasteiger partial charge < -0.3 is 0 Å².